The van der Waals surface area contributed by atoms with Gasteiger partial charge in [0.1, 0.15) is 17.4 Å². The van der Waals surface area contributed by atoms with E-state index in [1.807, 2.05) is 6.07 Å². The molecule has 1 aromatic carbocycles. The Kier molecular flexibility index (Phi) is 5.50. The Morgan fingerprint density at radius 2 is 2.04 bits per heavy atom. The van der Waals surface area contributed by atoms with Gasteiger partial charge in [0.2, 0.25) is 5.91 Å². The van der Waals surface area contributed by atoms with Crippen molar-refractivity contribution in [1.29, 1.82) is 0 Å². The molecule has 130 valence electrons. The lowest BCUT2D eigenvalue weighted by atomic mass is 10.2. The van der Waals surface area contributed by atoms with Crippen LogP contribution in [0.2, 0.25) is 4.34 Å². The number of carbonyl (C=O) groups excluding carboxylic acids is 1. The van der Waals surface area contributed by atoms with Gasteiger partial charge in [0.05, 0.1) is 22.8 Å². The number of hydrogen-bond acceptors (Lipinski definition) is 3. The first-order valence-electron chi connectivity index (χ1n) is 7.55. The Labute approximate surface area is 152 Å². The monoisotopic (exact) mass is 381 g/mol. The molecule has 3 nitrogen and oxygen atoms in total. The van der Waals surface area contributed by atoms with Crippen molar-refractivity contribution in [3.05, 3.63) is 75.3 Å². The van der Waals surface area contributed by atoms with Crippen molar-refractivity contribution in [3.8, 4) is 0 Å². The first-order chi connectivity index (χ1) is 12.0. The molecule has 0 aliphatic rings. The number of halogens is 3. The van der Waals surface area contributed by atoms with Crippen molar-refractivity contribution in [2.45, 2.75) is 19.4 Å². The first kappa shape index (κ1) is 17.6. The Hall–Kier alpha value is -2.18. The van der Waals surface area contributed by atoms with Gasteiger partial charge in [-0.2, -0.15) is 0 Å². The summed E-state index contributed by atoms with van der Waals surface area (Å²) in [5, 5.41) is 0. The first-order valence-corrected chi connectivity index (χ1v) is 8.74. The lowest BCUT2D eigenvalue weighted by Crippen LogP contribution is -2.31. The van der Waals surface area contributed by atoms with E-state index in [0.717, 1.165) is 17.0 Å². The van der Waals surface area contributed by atoms with Crippen LogP contribution in [-0.4, -0.2) is 5.91 Å². The topological polar surface area (TPSA) is 33.5 Å². The summed E-state index contributed by atoms with van der Waals surface area (Å²) < 4.78 is 33.3. The maximum absolute atomic E-state index is 14.2. The molecule has 0 N–H and O–H groups in total. The molecule has 0 spiro atoms. The number of hydrogen-bond donors (Lipinski definition) is 0. The van der Waals surface area contributed by atoms with Crippen molar-refractivity contribution in [2.75, 3.05) is 4.90 Å². The van der Waals surface area contributed by atoms with Crippen LogP contribution >= 0.6 is 22.9 Å². The lowest BCUT2D eigenvalue weighted by molar-refractivity contribution is -0.118. The van der Waals surface area contributed by atoms with Crippen molar-refractivity contribution in [3.63, 3.8) is 0 Å². The summed E-state index contributed by atoms with van der Waals surface area (Å²) in [4.78, 5) is 14.9. The number of aryl methyl sites for hydroxylation is 1. The van der Waals surface area contributed by atoms with Crippen molar-refractivity contribution >= 4 is 34.5 Å². The molecule has 2 aromatic heterocycles. The van der Waals surface area contributed by atoms with Crippen LogP contribution in [0.25, 0.3) is 0 Å². The summed E-state index contributed by atoms with van der Waals surface area (Å²) >= 11 is 7.29. The molecule has 7 heteroatoms. The van der Waals surface area contributed by atoms with Gasteiger partial charge in [0.25, 0.3) is 0 Å². The van der Waals surface area contributed by atoms with Gasteiger partial charge in [0, 0.05) is 17.4 Å². The number of amides is 1. The van der Waals surface area contributed by atoms with Crippen LogP contribution in [0.5, 0.6) is 0 Å². The van der Waals surface area contributed by atoms with Crippen LogP contribution in [0.15, 0.2) is 53.1 Å². The van der Waals surface area contributed by atoms with E-state index >= 15 is 0 Å². The van der Waals surface area contributed by atoms with E-state index in [2.05, 4.69) is 0 Å². The second kappa shape index (κ2) is 7.80. The van der Waals surface area contributed by atoms with Crippen LogP contribution in [0.1, 0.15) is 17.1 Å². The van der Waals surface area contributed by atoms with E-state index in [4.69, 9.17) is 16.0 Å². The number of rotatable bonds is 6. The fraction of sp³-hybridized carbons (Fsp3) is 0.167. The molecule has 0 radical (unpaired) electrons. The highest BCUT2D eigenvalue weighted by molar-refractivity contribution is 7.16. The predicted octanol–water partition coefficient (Wildman–Crippen LogP) is 5.44. The highest BCUT2D eigenvalue weighted by Gasteiger charge is 2.21. The maximum Gasteiger partial charge on any atom is 0.227 e. The molecule has 0 atom stereocenters. The van der Waals surface area contributed by atoms with E-state index < -0.39 is 11.6 Å². The minimum Gasteiger partial charge on any atom is -0.467 e. The molecule has 0 unspecified atom stereocenters. The number of furan rings is 1. The smallest absolute Gasteiger partial charge is 0.227 e. The second-order valence-electron chi connectivity index (χ2n) is 5.36. The fourth-order valence-corrected chi connectivity index (χ4v) is 3.50. The molecule has 25 heavy (non-hydrogen) atoms. The van der Waals surface area contributed by atoms with Crippen molar-refractivity contribution in [1.82, 2.24) is 0 Å². The SMILES string of the molecule is O=C(CCc1ccc(Cl)s1)N(Cc1ccco1)c1ccc(F)cc1F. The minimum absolute atomic E-state index is 0.0204. The molecule has 3 aromatic rings. The van der Waals surface area contributed by atoms with Crippen LogP contribution in [-0.2, 0) is 17.8 Å². The molecule has 1 amide bonds. The highest BCUT2D eigenvalue weighted by Crippen LogP contribution is 2.26. The molecule has 0 aliphatic carbocycles. The second-order valence-corrected chi connectivity index (χ2v) is 7.16. The van der Waals surface area contributed by atoms with Gasteiger partial charge in [0.15, 0.2) is 0 Å². The summed E-state index contributed by atoms with van der Waals surface area (Å²) in [7, 11) is 0. The molecule has 0 saturated carbocycles. The van der Waals surface area contributed by atoms with Crippen LogP contribution in [0, 0.1) is 11.6 Å². The van der Waals surface area contributed by atoms with Gasteiger partial charge in [-0.1, -0.05) is 11.6 Å². The maximum atomic E-state index is 14.2. The normalized spacial score (nSPS) is 10.8. The van der Waals surface area contributed by atoms with Crippen molar-refractivity contribution in [2.24, 2.45) is 0 Å². The average Bonchev–Trinajstić information content (AvgIpc) is 3.22. The van der Waals surface area contributed by atoms with Gasteiger partial charge in [-0.3, -0.25) is 4.79 Å². The van der Waals surface area contributed by atoms with Gasteiger partial charge < -0.3 is 9.32 Å². The Balaban J connectivity index is 1.80. The number of nitrogens with zero attached hydrogens (tertiary/aromatic N) is 1. The third-order valence-corrected chi connectivity index (χ3v) is 4.90. The van der Waals surface area contributed by atoms with Gasteiger partial charge in [-0.15, -0.1) is 11.3 Å². The Morgan fingerprint density at radius 3 is 2.68 bits per heavy atom. The van der Waals surface area contributed by atoms with E-state index in [-0.39, 0.29) is 24.6 Å². The minimum atomic E-state index is -0.793. The third-order valence-electron chi connectivity index (χ3n) is 3.61. The number of thiophene rings is 1. The lowest BCUT2D eigenvalue weighted by Gasteiger charge is -2.22. The molecular formula is C18H14ClF2NO2S. The largest absolute Gasteiger partial charge is 0.467 e. The number of benzene rings is 1. The number of anilines is 1. The molecule has 0 fully saturated rings. The molecule has 0 aliphatic heterocycles. The summed E-state index contributed by atoms with van der Waals surface area (Å²) in [5.41, 5.74) is 0.0204. The molecular weight excluding hydrogens is 368 g/mol. The van der Waals surface area contributed by atoms with Crippen molar-refractivity contribution < 1.29 is 18.0 Å². The standard InChI is InChI=1S/C18H14ClF2NO2S/c19-17-7-4-14(25-17)5-8-18(23)22(11-13-2-1-9-24-13)16-6-3-12(20)10-15(16)21/h1-4,6-7,9-10H,5,8,11H2. The number of carbonyl (C=O) groups is 1. The molecule has 2 heterocycles. The quantitative estimate of drug-likeness (QED) is 0.569. The molecule has 3 rings (SSSR count). The Bertz CT molecular complexity index is 864. The average molecular weight is 382 g/mol. The van der Waals surface area contributed by atoms with Gasteiger partial charge in [-0.25, -0.2) is 8.78 Å². The van der Waals surface area contributed by atoms with E-state index in [1.165, 1.54) is 28.6 Å². The summed E-state index contributed by atoms with van der Waals surface area (Å²) in [5.74, 6) is -1.26. The third kappa shape index (κ3) is 4.46. The van der Waals surface area contributed by atoms with E-state index in [0.29, 0.717) is 16.5 Å². The molecule has 0 bridgehead atoms. The Morgan fingerprint density at radius 1 is 1.20 bits per heavy atom. The predicted molar refractivity (Wildman–Crippen MR) is 93.9 cm³/mol. The highest BCUT2D eigenvalue weighted by atomic mass is 35.5. The zero-order valence-electron chi connectivity index (χ0n) is 13.0. The zero-order valence-corrected chi connectivity index (χ0v) is 14.6. The van der Waals surface area contributed by atoms with E-state index in [9.17, 15) is 13.6 Å². The molecule has 0 saturated heterocycles. The summed E-state index contributed by atoms with van der Waals surface area (Å²) in [6, 6.07) is 10.2. The summed E-state index contributed by atoms with van der Waals surface area (Å²) in [6.07, 6.45) is 2.15. The fourth-order valence-electron chi connectivity index (χ4n) is 2.42. The zero-order chi connectivity index (χ0) is 17.8. The summed E-state index contributed by atoms with van der Waals surface area (Å²) in [6.45, 7) is 0.0690. The van der Waals surface area contributed by atoms with Gasteiger partial charge in [-0.05, 0) is 42.8 Å². The van der Waals surface area contributed by atoms with Crippen LogP contribution in [0.4, 0.5) is 14.5 Å². The van der Waals surface area contributed by atoms with Gasteiger partial charge >= 0.3 is 0 Å². The van der Waals surface area contributed by atoms with Crippen LogP contribution in [0.3, 0.4) is 0 Å². The van der Waals surface area contributed by atoms with E-state index in [1.54, 1.807) is 18.2 Å². The van der Waals surface area contributed by atoms with Crippen LogP contribution < -0.4 is 4.90 Å².